The molecular formula is C13H13N3O4. The Kier molecular flexibility index (Phi) is 5.72. The molecule has 0 bridgehead atoms. The van der Waals surface area contributed by atoms with Crippen LogP contribution in [-0.2, 0) is 16.1 Å². The highest BCUT2D eigenvalue weighted by Crippen LogP contribution is 2.03. The molecule has 0 fully saturated rings. The number of nitrogens with zero attached hydrogens (tertiary/aromatic N) is 1. The number of imide groups is 1. The second-order valence-corrected chi connectivity index (χ2v) is 3.94. The third-order valence-corrected chi connectivity index (χ3v) is 2.33. The number of carboxylic acid groups (broad SMARTS) is 1. The van der Waals surface area contributed by atoms with Crippen LogP contribution in [-0.4, -0.2) is 23.0 Å². The summed E-state index contributed by atoms with van der Waals surface area (Å²) in [6.07, 6.45) is -0.587. The second kappa shape index (κ2) is 7.53. The zero-order chi connectivity index (χ0) is 15.0. The lowest BCUT2D eigenvalue weighted by Gasteiger charge is -2.06. The minimum absolute atomic E-state index is 0.160. The van der Waals surface area contributed by atoms with Gasteiger partial charge in [-0.25, -0.2) is 4.79 Å². The van der Waals surface area contributed by atoms with Gasteiger partial charge >= 0.3 is 12.0 Å². The summed E-state index contributed by atoms with van der Waals surface area (Å²) >= 11 is 0. The van der Waals surface area contributed by atoms with Crippen molar-refractivity contribution in [1.29, 1.82) is 5.26 Å². The van der Waals surface area contributed by atoms with Crippen molar-refractivity contribution < 1.29 is 19.5 Å². The van der Waals surface area contributed by atoms with E-state index < -0.39 is 17.9 Å². The van der Waals surface area contributed by atoms with Gasteiger partial charge in [0.2, 0.25) is 5.91 Å². The molecule has 1 aromatic rings. The van der Waals surface area contributed by atoms with Crippen molar-refractivity contribution in [3.05, 3.63) is 35.4 Å². The van der Waals surface area contributed by atoms with Gasteiger partial charge in [0.25, 0.3) is 0 Å². The van der Waals surface area contributed by atoms with Crippen LogP contribution in [0.1, 0.15) is 24.0 Å². The maximum absolute atomic E-state index is 11.4. The molecule has 0 spiro atoms. The van der Waals surface area contributed by atoms with Gasteiger partial charge in [-0.15, -0.1) is 0 Å². The summed E-state index contributed by atoms with van der Waals surface area (Å²) in [7, 11) is 0. The molecule has 0 aliphatic rings. The van der Waals surface area contributed by atoms with Crippen LogP contribution in [0, 0.1) is 11.3 Å². The van der Waals surface area contributed by atoms with E-state index in [1.165, 1.54) is 0 Å². The normalized spacial score (nSPS) is 9.35. The third-order valence-electron chi connectivity index (χ3n) is 2.33. The molecule has 7 nitrogen and oxygen atoms in total. The number of aliphatic carboxylic acids is 1. The van der Waals surface area contributed by atoms with Crippen LogP contribution < -0.4 is 10.6 Å². The first kappa shape index (κ1) is 15.2. The lowest BCUT2D eigenvalue weighted by Crippen LogP contribution is -2.39. The molecule has 104 valence electrons. The van der Waals surface area contributed by atoms with Crippen molar-refractivity contribution in [2.45, 2.75) is 19.4 Å². The van der Waals surface area contributed by atoms with Crippen LogP contribution in [0.5, 0.6) is 0 Å². The highest BCUT2D eigenvalue weighted by atomic mass is 16.4. The molecule has 0 aromatic heterocycles. The zero-order valence-electron chi connectivity index (χ0n) is 10.5. The van der Waals surface area contributed by atoms with Crippen LogP contribution >= 0.6 is 0 Å². The molecule has 0 aliphatic carbocycles. The van der Waals surface area contributed by atoms with E-state index in [1.54, 1.807) is 24.3 Å². The number of amides is 3. The monoisotopic (exact) mass is 275 g/mol. The molecule has 0 radical (unpaired) electrons. The zero-order valence-corrected chi connectivity index (χ0v) is 10.5. The smallest absolute Gasteiger partial charge is 0.321 e. The van der Waals surface area contributed by atoms with Gasteiger partial charge in [-0.3, -0.25) is 14.9 Å². The molecule has 0 aliphatic heterocycles. The Hall–Kier alpha value is -2.88. The summed E-state index contributed by atoms with van der Waals surface area (Å²) in [5.74, 6) is -1.76. The maximum Gasteiger partial charge on any atom is 0.321 e. The van der Waals surface area contributed by atoms with E-state index in [9.17, 15) is 14.4 Å². The average molecular weight is 275 g/mol. The van der Waals surface area contributed by atoms with Gasteiger partial charge in [0, 0.05) is 13.0 Å². The second-order valence-electron chi connectivity index (χ2n) is 3.94. The Morgan fingerprint density at radius 3 is 2.65 bits per heavy atom. The van der Waals surface area contributed by atoms with Gasteiger partial charge in [0.1, 0.15) is 0 Å². The van der Waals surface area contributed by atoms with Crippen molar-refractivity contribution in [3.63, 3.8) is 0 Å². The van der Waals surface area contributed by atoms with E-state index in [0.717, 1.165) is 5.56 Å². The predicted molar refractivity (Wildman–Crippen MR) is 68.4 cm³/mol. The maximum atomic E-state index is 11.4. The topological polar surface area (TPSA) is 119 Å². The number of hydrogen-bond donors (Lipinski definition) is 3. The fourth-order valence-corrected chi connectivity index (χ4v) is 1.39. The SMILES string of the molecule is N#Cc1cccc(CNC(=O)NC(=O)CCC(=O)O)c1. The summed E-state index contributed by atoms with van der Waals surface area (Å²) in [5, 5.41) is 21.6. The van der Waals surface area contributed by atoms with Crippen molar-refractivity contribution >= 4 is 17.9 Å². The van der Waals surface area contributed by atoms with E-state index in [2.05, 4.69) is 5.32 Å². The Morgan fingerprint density at radius 1 is 1.25 bits per heavy atom. The number of benzene rings is 1. The summed E-state index contributed by atoms with van der Waals surface area (Å²) in [5.41, 5.74) is 1.19. The molecule has 0 saturated carbocycles. The number of nitriles is 1. The molecule has 20 heavy (non-hydrogen) atoms. The van der Waals surface area contributed by atoms with Crippen molar-refractivity contribution in [2.24, 2.45) is 0 Å². The van der Waals surface area contributed by atoms with Gasteiger partial charge in [-0.2, -0.15) is 5.26 Å². The predicted octanol–water partition coefficient (Wildman–Crippen LogP) is 0.749. The average Bonchev–Trinajstić information content (AvgIpc) is 2.43. The van der Waals surface area contributed by atoms with E-state index in [4.69, 9.17) is 10.4 Å². The van der Waals surface area contributed by atoms with Crippen LogP contribution in [0.2, 0.25) is 0 Å². The molecule has 0 unspecified atom stereocenters. The van der Waals surface area contributed by atoms with Gasteiger partial charge in [-0.05, 0) is 17.7 Å². The van der Waals surface area contributed by atoms with Gasteiger partial charge in [0.05, 0.1) is 18.1 Å². The molecule has 0 saturated heterocycles. The number of hydrogen-bond acceptors (Lipinski definition) is 4. The number of nitrogens with one attached hydrogen (secondary N) is 2. The lowest BCUT2D eigenvalue weighted by molar-refractivity contribution is -0.138. The van der Waals surface area contributed by atoms with Crippen molar-refractivity contribution in [1.82, 2.24) is 10.6 Å². The summed E-state index contributed by atoms with van der Waals surface area (Å²) in [4.78, 5) is 32.8. The third kappa shape index (κ3) is 5.64. The minimum Gasteiger partial charge on any atom is -0.481 e. The van der Waals surface area contributed by atoms with Crippen LogP contribution in [0.15, 0.2) is 24.3 Å². The minimum atomic E-state index is -1.10. The largest absolute Gasteiger partial charge is 0.481 e. The van der Waals surface area contributed by atoms with E-state index in [-0.39, 0.29) is 19.4 Å². The standard InChI is InChI=1S/C13H13N3O4/c14-7-9-2-1-3-10(6-9)8-15-13(20)16-11(17)4-5-12(18)19/h1-3,6H,4-5,8H2,(H,18,19)(H2,15,16,17,20). The molecule has 1 aromatic carbocycles. The van der Waals surface area contributed by atoms with Crippen LogP contribution in [0.3, 0.4) is 0 Å². The molecular weight excluding hydrogens is 262 g/mol. The summed E-state index contributed by atoms with van der Waals surface area (Å²) in [6, 6.07) is 7.94. The molecule has 0 atom stereocenters. The highest BCUT2D eigenvalue weighted by molar-refractivity contribution is 5.95. The molecule has 7 heteroatoms. The Morgan fingerprint density at radius 2 is 2.00 bits per heavy atom. The molecule has 3 N–H and O–H groups in total. The first-order valence-corrected chi connectivity index (χ1v) is 5.80. The molecule has 1 rings (SSSR count). The fraction of sp³-hybridized carbons (Fsp3) is 0.231. The lowest BCUT2D eigenvalue weighted by atomic mass is 10.1. The number of rotatable bonds is 5. The summed E-state index contributed by atoms with van der Waals surface area (Å²) < 4.78 is 0. The van der Waals surface area contributed by atoms with Gasteiger partial charge in [0.15, 0.2) is 0 Å². The van der Waals surface area contributed by atoms with E-state index in [0.29, 0.717) is 5.56 Å². The highest BCUT2D eigenvalue weighted by Gasteiger charge is 2.09. The van der Waals surface area contributed by atoms with Crippen LogP contribution in [0.25, 0.3) is 0 Å². The Balaban J connectivity index is 2.38. The van der Waals surface area contributed by atoms with Crippen molar-refractivity contribution in [2.75, 3.05) is 0 Å². The first-order chi connectivity index (χ1) is 9.51. The van der Waals surface area contributed by atoms with E-state index >= 15 is 0 Å². The number of carbonyl (C=O) groups excluding carboxylic acids is 2. The van der Waals surface area contributed by atoms with E-state index in [1.807, 2.05) is 11.4 Å². The number of carbonyl (C=O) groups is 3. The number of urea groups is 1. The van der Waals surface area contributed by atoms with Gasteiger partial charge in [-0.1, -0.05) is 12.1 Å². The molecule has 0 heterocycles. The Labute approximate surface area is 115 Å². The van der Waals surface area contributed by atoms with Crippen molar-refractivity contribution in [3.8, 4) is 6.07 Å². The quantitative estimate of drug-likeness (QED) is 0.732. The van der Waals surface area contributed by atoms with Crippen LogP contribution in [0.4, 0.5) is 4.79 Å². The number of carboxylic acids is 1. The fourth-order valence-electron chi connectivity index (χ4n) is 1.39. The summed E-state index contributed by atoms with van der Waals surface area (Å²) in [6.45, 7) is 0.160. The first-order valence-electron chi connectivity index (χ1n) is 5.80. The molecule has 3 amide bonds. The Bertz CT molecular complexity index is 563. The van der Waals surface area contributed by atoms with Gasteiger partial charge < -0.3 is 10.4 Å².